The van der Waals surface area contributed by atoms with E-state index < -0.39 is 24.3 Å². The fourth-order valence-electron chi connectivity index (χ4n) is 3.51. The number of ether oxygens (including phenoxy) is 3. The van der Waals surface area contributed by atoms with Crippen molar-refractivity contribution in [2.45, 2.75) is 18.7 Å². The highest BCUT2D eigenvalue weighted by molar-refractivity contribution is 5.76. The van der Waals surface area contributed by atoms with Gasteiger partial charge in [-0.05, 0) is 53.6 Å². The summed E-state index contributed by atoms with van der Waals surface area (Å²) < 4.78 is 51.2. The van der Waals surface area contributed by atoms with E-state index in [4.69, 9.17) is 9.47 Å². The van der Waals surface area contributed by atoms with Crippen molar-refractivity contribution in [3.8, 4) is 11.5 Å². The third-order valence-corrected chi connectivity index (χ3v) is 4.98. The lowest BCUT2D eigenvalue weighted by Gasteiger charge is -2.36. The summed E-state index contributed by atoms with van der Waals surface area (Å²) in [5.74, 6) is -1.68. The third kappa shape index (κ3) is 5.96. The predicted molar refractivity (Wildman–Crippen MR) is 105 cm³/mol. The Balaban J connectivity index is 1.75. The first-order chi connectivity index (χ1) is 15.2. The Morgan fingerprint density at radius 2 is 1.62 bits per heavy atom. The normalized spacial score (nSPS) is 18.6. The monoisotopic (exact) mass is 452 g/mol. The molecule has 2 unspecified atom stereocenters. The molecule has 1 aliphatic heterocycles. The summed E-state index contributed by atoms with van der Waals surface area (Å²) in [4.78, 5) is 36.7. The Kier molecular flexibility index (Phi) is 6.96. The zero-order valence-electron chi connectivity index (χ0n) is 16.9. The van der Waals surface area contributed by atoms with E-state index in [9.17, 15) is 27.7 Å². The number of alkyl halides is 3. The van der Waals surface area contributed by atoms with Crippen LogP contribution in [-0.4, -0.2) is 43.5 Å². The standard InChI is InChI=1S/C21H19F3N2O6/c1-30-19(27)15-10-14(13-2-6-18(7-3-13)32-21(22,23)24)11-26(12-15)20(28)31-17-8-4-16(25-29)5-9-17/h2-9,14-15H,10-12H2,1H3. The number of halogens is 3. The molecule has 1 heterocycles. The topological polar surface area (TPSA) is 94.5 Å². The summed E-state index contributed by atoms with van der Waals surface area (Å²) in [6.45, 7) is 0.241. The van der Waals surface area contributed by atoms with Gasteiger partial charge in [0.1, 0.15) is 17.2 Å². The van der Waals surface area contributed by atoms with Gasteiger partial charge in [-0.2, -0.15) is 0 Å². The molecule has 0 spiro atoms. The molecule has 2 atom stereocenters. The molecule has 2 aromatic rings. The van der Waals surface area contributed by atoms with Gasteiger partial charge in [-0.1, -0.05) is 12.1 Å². The number of amides is 1. The third-order valence-electron chi connectivity index (χ3n) is 4.98. The second-order valence-electron chi connectivity index (χ2n) is 7.13. The van der Waals surface area contributed by atoms with Gasteiger partial charge in [0.15, 0.2) is 0 Å². The van der Waals surface area contributed by atoms with Gasteiger partial charge in [-0.25, -0.2) is 4.79 Å². The molecule has 1 fully saturated rings. The van der Waals surface area contributed by atoms with Gasteiger partial charge >= 0.3 is 18.4 Å². The van der Waals surface area contributed by atoms with Gasteiger partial charge in [0.05, 0.1) is 13.0 Å². The Morgan fingerprint density at radius 1 is 1.00 bits per heavy atom. The van der Waals surface area contributed by atoms with Crippen molar-refractivity contribution in [2.24, 2.45) is 11.1 Å². The van der Waals surface area contributed by atoms with Crippen molar-refractivity contribution in [1.29, 1.82) is 0 Å². The van der Waals surface area contributed by atoms with Crippen LogP contribution < -0.4 is 9.47 Å². The number of hydrogen-bond acceptors (Lipinski definition) is 7. The van der Waals surface area contributed by atoms with Crippen LogP contribution >= 0.6 is 0 Å². The lowest BCUT2D eigenvalue weighted by atomic mass is 9.84. The molecule has 0 bridgehead atoms. The van der Waals surface area contributed by atoms with Crippen LogP contribution in [0.1, 0.15) is 17.9 Å². The van der Waals surface area contributed by atoms with E-state index in [1.54, 1.807) is 0 Å². The SMILES string of the molecule is COC(=O)C1CC(c2ccc(OC(F)(F)F)cc2)CN(C(=O)Oc2ccc(N=O)cc2)C1. The van der Waals surface area contributed by atoms with Crippen LogP contribution in [0.25, 0.3) is 0 Å². The van der Waals surface area contributed by atoms with Crippen LogP contribution in [0.4, 0.5) is 23.7 Å². The highest BCUT2D eigenvalue weighted by atomic mass is 19.4. The molecule has 3 rings (SSSR count). The average Bonchev–Trinajstić information content (AvgIpc) is 2.78. The van der Waals surface area contributed by atoms with Crippen LogP contribution in [0.5, 0.6) is 11.5 Å². The van der Waals surface area contributed by atoms with Crippen molar-refractivity contribution in [3.63, 3.8) is 0 Å². The van der Waals surface area contributed by atoms with E-state index in [-0.39, 0.29) is 36.2 Å². The zero-order chi connectivity index (χ0) is 23.3. The Hall–Kier alpha value is -3.63. The summed E-state index contributed by atoms with van der Waals surface area (Å²) in [6.07, 6.45) is -5.18. The predicted octanol–water partition coefficient (Wildman–Crippen LogP) is 4.76. The molecular formula is C21H19F3N2O6. The first-order valence-electron chi connectivity index (χ1n) is 9.52. The fourth-order valence-corrected chi connectivity index (χ4v) is 3.51. The highest BCUT2D eigenvalue weighted by Crippen LogP contribution is 2.33. The minimum atomic E-state index is -4.80. The summed E-state index contributed by atoms with van der Waals surface area (Å²) in [6, 6.07) is 10.9. The van der Waals surface area contributed by atoms with Crippen molar-refractivity contribution in [2.75, 3.05) is 20.2 Å². The Bertz CT molecular complexity index is 963. The van der Waals surface area contributed by atoms with Gasteiger partial charge < -0.3 is 19.1 Å². The molecule has 32 heavy (non-hydrogen) atoms. The maximum absolute atomic E-state index is 12.7. The van der Waals surface area contributed by atoms with Crippen molar-refractivity contribution in [1.82, 2.24) is 4.90 Å². The maximum Gasteiger partial charge on any atom is 0.573 e. The number of carbonyl (C=O) groups is 2. The van der Waals surface area contributed by atoms with Gasteiger partial charge in [0, 0.05) is 19.0 Å². The zero-order valence-corrected chi connectivity index (χ0v) is 16.9. The van der Waals surface area contributed by atoms with Gasteiger partial charge in [0.25, 0.3) is 0 Å². The molecule has 0 radical (unpaired) electrons. The number of nitrogens with zero attached hydrogens (tertiary/aromatic N) is 2. The number of likely N-dealkylation sites (tertiary alicyclic amines) is 1. The molecule has 8 nitrogen and oxygen atoms in total. The average molecular weight is 452 g/mol. The van der Waals surface area contributed by atoms with E-state index in [2.05, 4.69) is 9.91 Å². The lowest BCUT2D eigenvalue weighted by molar-refractivity contribution is -0.274. The molecular weight excluding hydrogens is 433 g/mol. The minimum absolute atomic E-state index is 0.0608. The quantitative estimate of drug-likeness (QED) is 0.480. The van der Waals surface area contributed by atoms with Crippen LogP contribution in [0.2, 0.25) is 0 Å². The largest absolute Gasteiger partial charge is 0.573 e. The number of nitroso groups, excluding NO2 is 1. The minimum Gasteiger partial charge on any atom is -0.469 e. The number of benzene rings is 2. The molecule has 0 aromatic heterocycles. The van der Waals surface area contributed by atoms with Crippen LogP contribution in [0.15, 0.2) is 53.7 Å². The Labute approximate surface area is 180 Å². The van der Waals surface area contributed by atoms with E-state index in [1.165, 1.54) is 60.5 Å². The molecule has 1 aliphatic rings. The van der Waals surface area contributed by atoms with Crippen molar-refractivity contribution >= 4 is 17.7 Å². The number of rotatable bonds is 5. The molecule has 1 saturated heterocycles. The van der Waals surface area contributed by atoms with E-state index in [0.717, 1.165) is 0 Å². The van der Waals surface area contributed by atoms with Crippen molar-refractivity contribution < 1.29 is 37.0 Å². The highest BCUT2D eigenvalue weighted by Gasteiger charge is 2.36. The second-order valence-corrected chi connectivity index (χ2v) is 7.13. The van der Waals surface area contributed by atoms with Crippen molar-refractivity contribution in [3.05, 3.63) is 59.0 Å². The lowest BCUT2D eigenvalue weighted by Crippen LogP contribution is -2.46. The van der Waals surface area contributed by atoms with Crippen LogP contribution in [-0.2, 0) is 9.53 Å². The molecule has 0 aliphatic carbocycles. The van der Waals surface area contributed by atoms with Crippen LogP contribution in [0.3, 0.4) is 0 Å². The first kappa shape index (κ1) is 23.0. The maximum atomic E-state index is 12.7. The number of esters is 1. The summed E-state index contributed by atoms with van der Waals surface area (Å²) in [5, 5.41) is 2.77. The number of piperidine rings is 1. The van der Waals surface area contributed by atoms with Gasteiger partial charge in [0.2, 0.25) is 0 Å². The Morgan fingerprint density at radius 3 is 2.19 bits per heavy atom. The number of methoxy groups -OCH3 is 1. The van der Waals surface area contributed by atoms with E-state index in [1.807, 2.05) is 0 Å². The molecule has 11 heteroatoms. The van der Waals surface area contributed by atoms with Gasteiger partial charge in [-0.15, -0.1) is 18.1 Å². The summed E-state index contributed by atoms with van der Waals surface area (Å²) in [7, 11) is 1.24. The fraction of sp³-hybridized carbons (Fsp3) is 0.333. The van der Waals surface area contributed by atoms with Crippen LogP contribution in [0, 0.1) is 10.8 Å². The smallest absolute Gasteiger partial charge is 0.469 e. The second kappa shape index (κ2) is 9.67. The molecule has 2 aromatic carbocycles. The molecule has 0 N–H and O–H groups in total. The molecule has 170 valence electrons. The molecule has 1 amide bonds. The summed E-state index contributed by atoms with van der Waals surface area (Å²) >= 11 is 0. The first-order valence-corrected chi connectivity index (χ1v) is 9.52. The molecule has 0 saturated carbocycles. The van der Waals surface area contributed by atoms with Gasteiger partial charge in [-0.3, -0.25) is 4.79 Å². The van der Waals surface area contributed by atoms with E-state index >= 15 is 0 Å². The number of carbonyl (C=O) groups excluding carboxylic acids is 2. The summed E-state index contributed by atoms with van der Waals surface area (Å²) in [5.41, 5.74) is 0.805. The van der Waals surface area contributed by atoms with E-state index in [0.29, 0.717) is 12.0 Å². The number of hydrogen-bond donors (Lipinski definition) is 0.